The van der Waals surface area contributed by atoms with Gasteiger partial charge in [-0.25, -0.2) is 13.8 Å². The Balaban J connectivity index is 1.53. The summed E-state index contributed by atoms with van der Waals surface area (Å²) in [5.74, 6) is -0.986. The van der Waals surface area contributed by atoms with Crippen molar-refractivity contribution in [2.24, 2.45) is 12.8 Å². The summed E-state index contributed by atoms with van der Waals surface area (Å²) in [5, 5.41) is 8.80. The van der Waals surface area contributed by atoms with Crippen LogP contribution in [-0.2, 0) is 11.8 Å². The number of anilines is 1. The molecule has 30 heavy (non-hydrogen) atoms. The van der Waals surface area contributed by atoms with Gasteiger partial charge in [0.2, 0.25) is 0 Å². The lowest BCUT2D eigenvalue weighted by atomic mass is 10.0. The molecule has 1 saturated heterocycles. The molecule has 1 aliphatic rings. The van der Waals surface area contributed by atoms with Gasteiger partial charge in [0.05, 0.1) is 24.2 Å². The van der Waals surface area contributed by atoms with Crippen molar-refractivity contribution in [1.82, 2.24) is 19.7 Å². The third-order valence-electron chi connectivity index (χ3n) is 4.92. The third-order valence-corrected chi connectivity index (χ3v) is 5.77. The zero-order valence-electron chi connectivity index (χ0n) is 16.1. The van der Waals surface area contributed by atoms with Crippen molar-refractivity contribution in [2.45, 2.75) is 31.2 Å². The molecule has 4 heterocycles. The van der Waals surface area contributed by atoms with Crippen LogP contribution in [0.1, 0.15) is 35.1 Å². The maximum absolute atomic E-state index is 13.9. The Morgan fingerprint density at radius 1 is 1.43 bits per heavy atom. The normalized spacial score (nSPS) is 21.9. The third kappa shape index (κ3) is 4.09. The van der Waals surface area contributed by atoms with Crippen LogP contribution in [0.15, 0.2) is 29.9 Å². The van der Waals surface area contributed by atoms with E-state index in [-0.39, 0.29) is 18.0 Å². The van der Waals surface area contributed by atoms with Crippen LogP contribution in [0.4, 0.5) is 14.5 Å². The van der Waals surface area contributed by atoms with Crippen molar-refractivity contribution in [2.75, 3.05) is 11.9 Å². The Morgan fingerprint density at radius 3 is 3.07 bits per heavy atom. The molecule has 0 unspecified atom stereocenters. The molecular weight excluding hydrogens is 414 g/mol. The summed E-state index contributed by atoms with van der Waals surface area (Å²) in [7, 11) is 1.72. The van der Waals surface area contributed by atoms with Gasteiger partial charge in [0.15, 0.2) is 5.82 Å². The number of thiazole rings is 1. The zero-order valence-corrected chi connectivity index (χ0v) is 16.9. The molecule has 158 valence electrons. The largest absolute Gasteiger partial charge is 0.369 e. The number of nitrogens with two attached hydrogens (primary N) is 1. The standard InChI is InChI=1S/C19H20F2N6O2S/c1-27-17(15-5-4-12(22)11(21)8-29-15)13(7-24-27)25-18(28)14-9-30-19(26-14)16-10(20)3-2-6-23-16/h2-3,6-7,9,11-12,15H,4-5,8,22H2,1H3,(H,25,28)/t11-,12-,15+/m1/s1. The quantitative estimate of drug-likeness (QED) is 0.654. The molecule has 3 aromatic rings. The minimum atomic E-state index is -1.23. The molecule has 0 spiro atoms. The molecule has 0 aromatic carbocycles. The van der Waals surface area contributed by atoms with E-state index in [1.165, 1.54) is 29.9 Å². The predicted octanol–water partition coefficient (Wildman–Crippen LogP) is 2.85. The average molecular weight is 434 g/mol. The smallest absolute Gasteiger partial charge is 0.275 e. The highest BCUT2D eigenvalue weighted by molar-refractivity contribution is 7.13. The van der Waals surface area contributed by atoms with E-state index in [9.17, 15) is 13.6 Å². The monoisotopic (exact) mass is 434 g/mol. The fraction of sp³-hybridized carbons (Fsp3) is 0.368. The molecule has 1 aliphatic heterocycles. The molecule has 4 rings (SSSR count). The van der Waals surface area contributed by atoms with Crippen LogP contribution >= 0.6 is 11.3 Å². The highest BCUT2D eigenvalue weighted by Crippen LogP contribution is 2.33. The molecule has 3 aromatic heterocycles. The number of ether oxygens (including phenoxy) is 1. The van der Waals surface area contributed by atoms with E-state index in [0.717, 1.165) is 11.3 Å². The molecule has 0 saturated carbocycles. The molecule has 3 N–H and O–H groups in total. The van der Waals surface area contributed by atoms with Crippen LogP contribution in [0.5, 0.6) is 0 Å². The number of aryl methyl sites for hydroxylation is 1. The lowest BCUT2D eigenvalue weighted by molar-refractivity contribution is 0.0247. The predicted molar refractivity (Wildman–Crippen MR) is 107 cm³/mol. The minimum absolute atomic E-state index is 0.0904. The first-order chi connectivity index (χ1) is 14.4. The second-order valence-corrected chi connectivity index (χ2v) is 7.83. The Kier molecular flexibility index (Phi) is 5.84. The van der Waals surface area contributed by atoms with Gasteiger partial charge in [-0.3, -0.25) is 14.5 Å². The lowest BCUT2D eigenvalue weighted by Crippen LogP contribution is -2.32. The minimum Gasteiger partial charge on any atom is -0.369 e. The van der Waals surface area contributed by atoms with Crippen molar-refractivity contribution in [3.05, 3.63) is 47.1 Å². The molecule has 3 atom stereocenters. The maximum Gasteiger partial charge on any atom is 0.275 e. The van der Waals surface area contributed by atoms with Crippen molar-refractivity contribution < 1.29 is 18.3 Å². The Labute approximate surface area is 175 Å². The Morgan fingerprint density at radius 2 is 2.27 bits per heavy atom. The maximum atomic E-state index is 13.9. The fourth-order valence-electron chi connectivity index (χ4n) is 3.30. The number of pyridine rings is 1. The average Bonchev–Trinajstić information content (AvgIpc) is 3.32. The van der Waals surface area contributed by atoms with Crippen molar-refractivity contribution in [3.8, 4) is 10.7 Å². The summed E-state index contributed by atoms with van der Waals surface area (Å²) in [6.07, 6.45) is 2.23. The van der Waals surface area contributed by atoms with Crippen molar-refractivity contribution >= 4 is 22.9 Å². The van der Waals surface area contributed by atoms with Crippen LogP contribution in [0, 0.1) is 5.82 Å². The van der Waals surface area contributed by atoms with Crippen molar-refractivity contribution in [1.29, 1.82) is 0 Å². The fourth-order valence-corrected chi connectivity index (χ4v) is 4.09. The summed E-state index contributed by atoms with van der Waals surface area (Å²) >= 11 is 1.12. The number of hydrogen-bond acceptors (Lipinski definition) is 7. The van der Waals surface area contributed by atoms with E-state index in [4.69, 9.17) is 10.5 Å². The molecule has 0 aliphatic carbocycles. The molecular formula is C19H20F2N6O2S. The molecule has 11 heteroatoms. The number of rotatable bonds is 4. The Hall–Kier alpha value is -2.76. The van der Waals surface area contributed by atoms with Crippen LogP contribution in [0.2, 0.25) is 0 Å². The van der Waals surface area contributed by atoms with Gasteiger partial charge in [-0.15, -0.1) is 11.3 Å². The molecule has 0 bridgehead atoms. The Bertz CT molecular complexity index is 1040. The van der Waals surface area contributed by atoms with Crippen LogP contribution in [0.3, 0.4) is 0 Å². The number of carbonyl (C=O) groups excluding carboxylic acids is 1. The van der Waals surface area contributed by atoms with Crippen molar-refractivity contribution in [3.63, 3.8) is 0 Å². The van der Waals surface area contributed by atoms with E-state index in [2.05, 4.69) is 20.4 Å². The second-order valence-electron chi connectivity index (χ2n) is 6.97. The number of alkyl halides is 1. The lowest BCUT2D eigenvalue weighted by Gasteiger charge is -2.17. The van der Waals surface area contributed by atoms with E-state index in [1.807, 2.05) is 0 Å². The van der Waals surface area contributed by atoms with E-state index < -0.39 is 30.0 Å². The highest BCUT2D eigenvalue weighted by Gasteiger charge is 2.30. The molecule has 1 fully saturated rings. The van der Waals surface area contributed by atoms with Crippen LogP contribution in [-0.4, -0.2) is 44.5 Å². The summed E-state index contributed by atoms with van der Waals surface area (Å²) in [4.78, 5) is 20.9. The number of nitrogens with zero attached hydrogens (tertiary/aromatic N) is 4. The van der Waals surface area contributed by atoms with Gasteiger partial charge in [-0.2, -0.15) is 5.10 Å². The number of aromatic nitrogens is 4. The number of halogens is 2. The summed E-state index contributed by atoms with van der Waals surface area (Å²) in [6.45, 7) is -0.116. The van der Waals surface area contributed by atoms with Crippen LogP contribution in [0.25, 0.3) is 10.7 Å². The number of carbonyl (C=O) groups is 1. The van der Waals surface area contributed by atoms with Crippen LogP contribution < -0.4 is 11.1 Å². The SMILES string of the molecule is Cn1ncc(NC(=O)c2csc(-c3ncccc3F)n2)c1[C@@H]1CC[C@@H](N)[C@H](F)CO1. The summed E-state index contributed by atoms with van der Waals surface area (Å²) in [6, 6.07) is 2.19. The van der Waals surface area contributed by atoms with E-state index in [0.29, 0.717) is 29.2 Å². The molecule has 0 radical (unpaired) electrons. The highest BCUT2D eigenvalue weighted by atomic mass is 32.1. The first-order valence-corrected chi connectivity index (χ1v) is 10.2. The molecule has 8 nitrogen and oxygen atoms in total. The number of hydrogen-bond donors (Lipinski definition) is 2. The van der Waals surface area contributed by atoms with E-state index >= 15 is 0 Å². The first-order valence-electron chi connectivity index (χ1n) is 9.35. The van der Waals surface area contributed by atoms with Gasteiger partial charge < -0.3 is 15.8 Å². The topological polar surface area (TPSA) is 108 Å². The number of nitrogens with one attached hydrogen (secondary N) is 1. The second kappa shape index (κ2) is 8.54. The summed E-state index contributed by atoms with van der Waals surface area (Å²) in [5.41, 5.74) is 7.08. The first kappa shape index (κ1) is 20.5. The summed E-state index contributed by atoms with van der Waals surface area (Å²) < 4.78 is 35.1. The van der Waals surface area contributed by atoms with Gasteiger partial charge in [0, 0.05) is 24.7 Å². The van der Waals surface area contributed by atoms with Gasteiger partial charge in [-0.1, -0.05) is 0 Å². The number of amides is 1. The zero-order chi connectivity index (χ0) is 21.3. The van der Waals surface area contributed by atoms with Gasteiger partial charge in [-0.05, 0) is 25.0 Å². The van der Waals surface area contributed by atoms with Gasteiger partial charge in [0.1, 0.15) is 28.7 Å². The molecule has 1 amide bonds. The van der Waals surface area contributed by atoms with Gasteiger partial charge >= 0.3 is 0 Å². The van der Waals surface area contributed by atoms with E-state index in [1.54, 1.807) is 11.7 Å². The van der Waals surface area contributed by atoms with Gasteiger partial charge in [0.25, 0.3) is 5.91 Å².